The largest absolute Gasteiger partial charge is 0.383 e. The first-order valence-electron chi connectivity index (χ1n) is 10.3. The molecule has 3 aromatic rings. The summed E-state index contributed by atoms with van der Waals surface area (Å²) in [5.74, 6) is 0.481. The number of amides is 1. The SMILES string of the molecule is CC1=CC(C)=C(NC(=O)c2ccnc3nc(-c4ccc(N(C)CCN)cc4)[nH]c23)CN1. The van der Waals surface area contributed by atoms with E-state index < -0.39 is 0 Å². The van der Waals surface area contributed by atoms with Gasteiger partial charge in [-0.15, -0.1) is 0 Å². The van der Waals surface area contributed by atoms with Gasteiger partial charge in [-0.2, -0.15) is 0 Å². The van der Waals surface area contributed by atoms with Crippen LogP contribution in [0.15, 0.2) is 59.6 Å². The van der Waals surface area contributed by atoms with Crippen LogP contribution in [-0.4, -0.2) is 47.5 Å². The number of carbonyl (C=O) groups is 1. The molecule has 0 unspecified atom stereocenters. The zero-order valence-corrected chi connectivity index (χ0v) is 18.0. The number of aromatic nitrogens is 3. The highest BCUT2D eigenvalue weighted by molar-refractivity contribution is 6.05. The number of nitrogens with one attached hydrogen (secondary N) is 3. The molecule has 0 radical (unpaired) electrons. The van der Waals surface area contributed by atoms with Gasteiger partial charge in [0.15, 0.2) is 5.65 Å². The van der Waals surface area contributed by atoms with Crippen molar-refractivity contribution in [1.29, 1.82) is 0 Å². The van der Waals surface area contributed by atoms with Crippen LogP contribution in [-0.2, 0) is 0 Å². The van der Waals surface area contributed by atoms with Crippen molar-refractivity contribution in [3.8, 4) is 11.4 Å². The van der Waals surface area contributed by atoms with Crippen LogP contribution in [0.5, 0.6) is 0 Å². The van der Waals surface area contributed by atoms with Crippen molar-refractivity contribution in [3.63, 3.8) is 0 Å². The second-order valence-electron chi connectivity index (χ2n) is 7.70. The molecule has 1 aliphatic rings. The Morgan fingerprint density at radius 3 is 2.71 bits per heavy atom. The van der Waals surface area contributed by atoms with E-state index in [4.69, 9.17) is 5.73 Å². The van der Waals surface area contributed by atoms with E-state index in [0.29, 0.717) is 35.6 Å². The van der Waals surface area contributed by atoms with Gasteiger partial charge < -0.3 is 26.3 Å². The smallest absolute Gasteiger partial charge is 0.257 e. The Bertz CT molecular complexity index is 1170. The molecular weight excluding hydrogens is 390 g/mol. The summed E-state index contributed by atoms with van der Waals surface area (Å²) in [4.78, 5) is 27.3. The third-order valence-electron chi connectivity index (χ3n) is 5.40. The molecule has 4 rings (SSSR count). The maximum absolute atomic E-state index is 13.0. The third-order valence-corrected chi connectivity index (χ3v) is 5.40. The fourth-order valence-electron chi connectivity index (χ4n) is 3.61. The van der Waals surface area contributed by atoms with Crippen LogP contribution in [0, 0.1) is 0 Å². The second kappa shape index (κ2) is 8.61. The quantitative estimate of drug-likeness (QED) is 0.490. The molecule has 0 saturated carbocycles. The molecule has 0 spiro atoms. The van der Waals surface area contributed by atoms with E-state index in [0.717, 1.165) is 34.8 Å². The van der Waals surface area contributed by atoms with E-state index in [2.05, 4.69) is 30.5 Å². The summed E-state index contributed by atoms with van der Waals surface area (Å²) >= 11 is 0. The fraction of sp³-hybridized carbons (Fsp3) is 0.261. The van der Waals surface area contributed by atoms with Crippen molar-refractivity contribution < 1.29 is 4.79 Å². The highest BCUT2D eigenvalue weighted by Gasteiger charge is 2.18. The molecule has 2 aromatic heterocycles. The van der Waals surface area contributed by atoms with Gasteiger partial charge in [0.05, 0.1) is 17.6 Å². The normalized spacial score (nSPS) is 13.7. The standard InChI is InChI=1S/C23H27N7O/c1-14-12-15(2)26-13-19(14)27-23(31)18-8-10-25-22-20(18)28-21(29-22)16-4-6-17(7-5-16)30(3)11-9-24/h4-8,10,12,26H,9,11,13,24H2,1-3H3,(H,27,31)(H,25,28,29). The Morgan fingerprint density at radius 1 is 1.23 bits per heavy atom. The minimum atomic E-state index is -0.189. The number of hydrogen-bond acceptors (Lipinski definition) is 6. The monoisotopic (exact) mass is 417 g/mol. The van der Waals surface area contributed by atoms with E-state index >= 15 is 0 Å². The summed E-state index contributed by atoms with van der Waals surface area (Å²) < 4.78 is 0. The number of carbonyl (C=O) groups excluding carboxylic acids is 1. The highest BCUT2D eigenvalue weighted by atomic mass is 16.1. The van der Waals surface area contributed by atoms with Crippen molar-refractivity contribution in [3.05, 3.63) is 65.1 Å². The number of aromatic amines is 1. The highest BCUT2D eigenvalue weighted by Crippen LogP contribution is 2.24. The van der Waals surface area contributed by atoms with E-state index in [-0.39, 0.29) is 5.91 Å². The summed E-state index contributed by atoms with van der Waals surface area (Å²) in [5.41, 5.74) is 12.3. The van der Waals surface area contributed by atoms with Gasteiger partial charge in [-0.1, -0.05) is 0 Å². The average Bonchev–Trinajstić information content (AvgIpc) is 3.20. The molecule has 8 nitrogen and oxygen atoms in total. The summed E-state index contributed by atoms with van der Waals surface area (Å²) in [6, 6.07) is 9.75. The molecule has 8 heteroatoms. The van der Waals surface area contributed by atoms with E-state index in [1.807, 2.05) is 51.2 Å². The number of imidazole rings is 1. The van der Waals surface area contributed by atoms with Crippen molar-refractivity contribution in [2.45, 2.75) is 13.8 Å². The van der Waals surface area contributed by atoms with Crippen molar-refractivity contribution in [1.82, 2.24) is 25.6 Å². The van der Waals surface area contributed by atoms with Gasteiger partial charge in [0, 0.05) is 49.0 Å². The second-order valence-corrected chi connectivity index (χ2v) is 7.70. The van der Waals surface area contributed by atoms with Crippen LogP contribution < -0.4 is 21.3 Å². The predicted molar refractivity (Wildman–Crippen MR) is 124 cm³/mol. The lowest BCUT2D eigenvalue weighted by molar-refractivity contribution is 0.0966. The lowest BCUT2D eigenvalue weighted by Crippen LogP contribution is -2.32. The molecule has 160 valence electrons. The maximum atomic E-state index is 13.0. The number of fused-ring (bicyclic) bond motifs is 1. The number of likely N-dealkylation sites (N-methyl/N-ethyl adjacent to an activating group) is 1. The molecule has 1 amide bonds. The summed E-state index contributed by atoms with van der Waals surface area (Å²) in [6.07, 6.45) is 3.63. The lowest BCUT2D eigenvalue weighted by atomic mass is 10.1. The van der Waals surface area contributed by atoms with Crippen LogP contribution in [0.1, 0.15) is 24.2 Å². The summed E-state index contributed by atoms with van der Waals surface area (Å²) in [5, 5.41) is 6.27. The minimum absolute atomic E-state index is 0.189. The Hall–Kier alpha value is -3.65. The number of nitrogens with two attached hydrogens (primary N) is 1. The molecule has 0 bridgehead atoms. The maximum Gasteiger partial charge on any atom is 0.257 e. The van der Waals surface area contributed by atoms with Crippen LogP contribution in [0.2, 0.25) is 0 Å². The van der Waals surface area contributed by atoms with Gasteiger partial charge in [-0.3, -0.25) is 4.79 Å². The number of pyridine rings is 1. The summed E-state index contributed by atoms with van der Waals surface area (Å²) in [7, 11) is 2.01. The Labute approximate surface area is 181 Å². The van der Waals surface area contributed by atoms with Crippen molar-refractivity contribution in [2.24, 2.45) is 5.73 Å². The Balaban J connectivity index is 1.61. The first-order chi connectivity index (χ1) is 15.0. The van der Waals surface area contributed by atoms with E-state index in [1.165, 1.54) is 0 Å². The first kappa shape index (κ1) is 20.6. The predicted octanol–water partition coefficient (Wildman–Crippen LogP) is 2.53. The number of nitrogens with zero attached hydrogens (tertiary/aromatic N) is 3. The number of dihydropyridines is 1. The topological polar surface area (TPSA) is 112 Å². The van der Waals surface area contributed by atoms with Gasteiger partial charge in [0.1, 0.15) is 5.82 Å². The molecule has 1 aromatic carbocycles. The molecule has 31 heavy (non-hydrogen) atoms. The fourth-order valence-corrected chi connectivity index (χ4v) is 3.61. The molecule has 5 N–H and O–H groups in total. The number of benzene rings is 1. The van der Waals surface area contributed by atoms with E-state index in [9.17, 15) is 4.79 Å². The average molecular weight is 418 g/mol. The zero-order valence-electron chi connectivity index (χ0n) is 18.0. The molecule has 0 aliphatic carbocycles. The third kappa shape index (κ3) is 4.29. The lowest BCUT2D eigenvalue weighted by Gasteiger charge is -2.19. The molecular formula is C23H27N7O. The van der Waals surface area contributed by atoms with Gasteiger partial charge in [-0.05, 0) is 55.8 Å². The van der Waals surface area contributed by atoms with Gasteiger partial charge in [-0.25, -0.2) is 9.97 Å². The van der Waals surface area contributed by atoms with Gasteiger partial charge in [0.2, 0.25) is 0 Å². The van der Waals surface area contributed by atoms with Crippen molar-refractivity contribution in [2.75, 3.05) is 31.6 Å². The van der Waals surface area contributed by atoms with Crippen LogP contribution in [0.25, 0.3) is 22.6 Å². The minimum Gasteiger partial charge on any atom is -0.383 e. The van der Waals surface area contributed by atoms with Gasteiger partial charge >= 0.3 is 0 Å². The van der Waals surface area contributed by atoms with E-state index in [1.54, 1.807) is 12.3 Å². The van der Waals surface area contributed by atoms with Crippen molar-refractivity contribution >= 4 is 22.8 Å². The van der Waals surface area contributed by atoms with Gasteiger partial charge in [0.25, 0.3) is 5.91 Å². The van der Waals surface area contributed by atoms with Crippen LogP contribution in [0.3, 0.4) is 0 Å². The van der Waals surface area contributed by atoms with Crippen LogP contribution >= 0.6 is 0 Å². The van der Waals surface area contributed by atoms with Crippen LogP contribution in [0.4, 0.5) is 5.69 Å². The number of H-pyrrole nitrogens is 1. The Morgan fingerprint density at radius 2 is 2.00 bits per heavy atom. The molecule has 1 aliphatic heterocycles. The first-order valence-corrected chi connectivity index (χ1v) is 10.3. The number of hydrogen-bond donors (Lipinski definition) is 4. The Kier molecular flexibility index (Phi) is 5.73. The molecule has 0 atom stereocenters. The molecule has 0 saturated heterocycles. The molecule has 0 fully saturated rings. The summed E-state index contributed by atoms with van der Waals surface area (Å²) in [6.45, 7) is 5.97. The number of anilines is 1. The number of allylic oxidation sites excluding steroid dienone is 3. The number of rotatable bonds is 6. The molecule has 3 heterocycles. The zero-order chi connectivity index (χ0) is 22.0.